The van der Waals surface area contributed by atoms with E-state index in [-0.39, 0.29) is 31.2 Å². The zero-order valence-electron chi connectivity index (χ0n) is 9.36. The van der Waals surface area contributed by atoms with Gasteiger partial charge in [-0.1, -0.05) is 0 Å². The van der Waals surface area contributed by atoms with Crippen molar-refractivity contribution in [3.05, 3.63) is 0 Å². The van der Waals surface area contributed by atoms with Gasteiger partial charge in [-0.25, -0.2) is 0 Å². The van der Waals surface area contributed by atoms with Gasteiger partial charge in [0.05, 0.1) is 32.3 Å². The summed E-state index contributed by atoms with van der Waals surface area (Å²) in [5, 5.41) is 9.04. The van der Waals surface area contributed by atoms with Crippen LogP contribution in [0.3, 0.4) is 0 Å². The first-order valence-corrected chi connectivity index (χ1v) is 5.00. The van der Waals surface area contributed by atoms with Gasteiger partial charge < -0.3 is 19.3 Å². The molecule has 1 fully saturated rings. The maximum Gasteiger partial charge on any atom is 0.308 e. The minimum absolute atomic E-state index is 0.0650. The lowest BCUT2D eigenvalue weighted by atomic mass is 10.1. The molecule has 0 aromatic rings. The summed E-state index contributed by atoms with van der Waals surface area (Å²) in [4.78, 5) is 11.1. The predicted octanol–water partition coefficient (Wildman–Crippen LogP) is 0.452. The standard InChI is InChI=1S/C10H18O5/c1-10(2)14-7(5-9(12)13-3)4-8(6-11)15-10/h7-8,11H,4-6H2,1-3H3/t7-,8-/m1/s1. The van der Waals surface area contributed by atoms with Gasteiger partial charge in [-0.2, -0.15) is 0 Å². The number of hydrogen-bond acceptors (Lipinski definition) is 5. The number of aliphatic hydroxyl groups is 1. The highest BCUT2D eigenvalue weighted by atomic mass is 16.7. The maximum atomic E-state index is 11.1. The molecule has 0 aliphatic carbocycles. The van der Waals surface area contributed by atoms with Crippen LogP contribution in [-0.4, -0.2) is 42.8 Å². The van der Waals surface area contributed by atoms with E-state index in [0.29, 0.717) is 6.42 Å². The molecule has 15 heavy (non-hydrogen) atoms. The van der Waals surface area contributed by atoms with Crippen LogP contribution in [0.2, 0.25) is 0 Å². The quantitative estimate of drug-likeness (QED) is 0.697. The van der Waals surface area contributed by atoms with Gasteiger partial charge in [0, 0.05) is 6.42 Å². The number of rotatable bonds is 3. The summed E-state index contributed by atoms with van der Waals surface area (Å²) in [5.74, 6) is -1.07. The number of carbonyl (C=O) groups excluding carboxylic acids is 1. The highest BCUT2D eigenvalue weighted by Crippen LogP contribution is 2.28. The van der Waals surface area contributed by atoms with Gasteiger partial charge in [-0.15, -0.1) is 0 Å². The van der Waals surface area contributed by atoms with E-state index in [1.54, 1.807) is 13.8 Å². The molecule has 0 unspecified atom stereocenters. The summed E-state index contributed by atoms with van der Waals surface area (Å²) in [6.45, 7) is 3.46. The molecule has 0 aromatic carbocycles. The van der Waals surface area contributed by atoms with Crippen LogP contribution in [0.5, 0.6) is 0 Å². The van der Waals surface area contributed by atoms with Crippen LogP contribution in [-0.2, 0) is 19.0 Å². The van der Waals surface area contributed by atoms with Crippen molar-refractivity contribution < 1.29 is 24.1 Å². The number of methoxy groups -OCH3 is 1. The third-order valence-electron chi connectivity index (χ3n) is 2.25. The minimum atomic E-state index is -0.760. The Kier molecular flexibility index (Phi) is 4.07. The third-order valence-corrected chi connectivity index (χ3v) is 2.25. The first-order valence-electron chi connectivity index (χ1n) is 5.00. The van der Waals surface area contributed by atoms with Gasteiger partial charge in [0.15, 0.2) is 5.79 Å². The Hall–Kier alpha value is -0.650. The van der Waals surface area contributed by atoms with Crippen LogP contribution in [0.4, 0.5) is 0 Å². The lowest BCUT2D eigenvalue weighted by Crippen LogP contribution is -2.46. The van der Waals surface area contributed by atoms with E-state index in [2.05, 4.69) is 4.74 Å². The molecule has 5 nitrogen and oxygen atoms in total. The molecule has 88 valence electrons. The van der Waals surface area contributed by atoms with Crippen LogP contribution in [0, 0.1) is 0 Å². The topological polar surface area (TPSA) is 65.0 Å². The lowest BCUT2D eigenvalue weighted by molar-refractivity contribution is -0.303. The van der Waals surface area contributed by atoms with Gasteiger partial charge in [0.2, 0.25) is 0 Å². The largest absolute Gasteiger partial charge is 0.469 e. The smallest absolute Gasteiger partial charge is 0.308 e. The van der Waals surface area contributed by atoms with Crippen LogP contribution in [0.15, 0.2) is 0 Å². The average Bonchev–Trinajstić information content (AvgIpc) is 2.15. The van der Waals surface area contributed by atoms with Crippen LogP contribution < -0.4 is 0 Å². The molecule has 0 bridgehead atoms. The first kappa shape index (κ1) is 12.4. The number of hydrogen-bond donors (Lipinski definition) is 1. The fourth-order valence-electron chi connectivity index (χ4n) is 1.73. The van der Waals surface area contributed by atoms with Crippen molar-refractivity contribution in [1.29, 1.82) is 0 Å². The fourth-order valence-corrected chi connectivity index (χ4v) is 1.73. The van der Waals surface area contributed by atoms with Crippen molar-refractivity contribution in [2.24, 2.45) is 0 Å². The molecule has 1 N–H and O–H groups in total. The van der Waals surface area contributed by atoms with E-state index in [9.17, 15) is 4.79 Å². The van der Waals surface area contributed by atoms with E-state index < -0.39 is 5.79 Å². The molecule has 1 rings (SSSR count). The molecule has 0 saturated carbocycles. The fraction of sp³-hybridized carbons (Fsp3) is 0.900. The Balaban J connectivity index is 2.54. The van der Waals surface area contributed by atoms with Gasteiger partial charge in [-0.05, 0) is 13.8 Å². The molecule has 1 heterocycles. The van der Waals surface area contributed by atoms with Crippen molar-refractivity contribution in [3.8, 4) is 0 Å². The van der Waals surface area contributed by atoms with Gasteiger partial charge in [-0.3, -0.25) is 4.79 Å². The van der Waals surface area contributed by atoms with E-state index in [1.165, 1.54) is 7.11 Å². The van der Waals surface area contributed by atoms with Gasteiger partial charge in [0.25, 0.3) is 0 Å². The highest BCUT2D eigenvalue weighted by molar-refractivity contribution is 5.69. The first-order chi connectivity index (χ1) is 6.96. The summed E-state index contributed by atoms with van der Waals surface area (Å²) in [5.41, 5.74) is 0. The molecular formula is C10H18O5. The predicted molar refractivity (Wildman–Crippen MR) is 52.2 cm³/mol. The zero-order chi connectivity index (χ0) is 11.5. The van der Waals surface area contributed by atoms with Crippen LogP contribution in [0.1, 0.15) is 26.7 Å². The monoisotopic (exact) mass is 218 g/mol. The molecular weight excluding hydrogens is 200 g/mol. The van der Waals surface area contributed by atoms with Gasteiger partial charge in [0.1, 0.15) is 0 Å². The summed E-state index contributed by atoms with van der Waals surface area (Å²) in [7, 11) is 1.34. The lowest BCUT2D eigenvalue weighted by Gasteiger charge is -2.39. The number of aliphatic hydroxyl groups excluding tert-OH is 1. The van der Waals surface area contributed by atoms with Crippen molar-refractivity contribution in [1.82, 2.24) is 0 Å². The van der Waals surface area contributed by atoms with Gasteiger partial charge >= 0.3 is 5.97 Å². The summed E-state index contributed by atoms with van der Waals surface area (Å²) in [6, 6.07) is 0. The number of esters is 1. The van der Waals surface area contributed by atoms with E-state index >= 15 is 0 Å². The van der Waals surface area contributed by atoms with Crippen LogP contribution >= 0.6 is 0 Å². The van der Waals surface area contributed by atoms with Crippen molar-refractivity contribution in [3.63, 3.8) is 0 Å². The average molecular weight is 218 g/mol. The molecule has 1 aliphatic rings. The minimum Gasteiger partial charge on any atom is -0.469 e. The maximum absolute atomic E-state index is 11.1. The SMILES string of the molecule is COC(=O)C[C@H]1C[C@H](CO)OC(C)(C)O1. The molecule has 0 radical (unpaired) electrons. The van der Waals surface area contributed by atoms with Crippen LogP contribution in [0.25, 0.3) is 0 Å². The second-order valence-corrected chi connectivity index (χ2v) is 4.08. The molecule has 5 heteroatoms. The Morgan fingerprint density at radius 1 is 1.47 bits per heavy atom. The Labute approximate surface area is 89.3 Å². The summed E-state index contributed by atoms with van der Waals surface area (Å²) in [6.07, 6.45) is 0.177. The molecule has 1 aliphatic heterocycles. The van der Waals surface area contributed by atoms with E-state index in [4.69, 9.17) is 14.6 Å². The molecule has 0 aromatic heterocycles. The molecule has 0 amide bonds. The second-order valence-electron chi connectivity index (χ2n) is 4.08. The Bertz CT molecular complexity index is 226. The van der Waals surface area contributed by atoms with Crippen molar-refractivity contribution >= 4 is 5.97 Å². The van der Waals surface area contributed by atoms with E-state index in [1.807, 2.05) is 0 Å². The number of carbonyl (C=O) groups is 1. The molecule has 1 saturated heterocycles. The Morgan fingerprint density at radius 3 is 2.60 bits per heavy atom. The summed E-state index contributed by atoms with van der Waals surface area (Å²) < 4.78 is 15.6. The Morgan fingerprint density at radius 2 is 2.07 bits per heavy atom. The molecule has 0 spiro atoms. The van der Waals surface area contributed by atoms with Crippen molar-refractivity contribution in [2.45, 2.75) is 44.7 Å². The summed E-state index contributed by atoms with van der Waals surface area (Å²) >= 11 is 0. The normalized spacial score (nSPS) is 29.9. The second kappa shape index (κ2) is 4.92. The highest BCUT2D eigenvalue weighted by Gasteiger charge is 2.36. The van der Waals surface area contributed by atoms with E-state index in [0.717, 1.165) is 0 Å². The third kappa shape index (κ3) is 3.77. The molecule has 2 atom stereocenters. The zero-order valence-corrected chi connectivity index (χ0v) is 9.36. The van der Waals surface area contributed by atoms with Crippen molar-refractivity contribution in [2.75, 3.05) is 13.7 Å². The number of ether oxygens (including phenoxy) is 3.